The number of carbonyl (C=O) groups is 1. The quantitative estimate of drug-likeness (QED) is 0.919. The maximum Gasteiger partial charge on any atom is 0.255 e. The summed E-state index contributed by atoms with van der Waals surface area (Å²) in [5.41, 5.74) is 0.620. The van der Waals surface area contributed by atoms with Crippen molar-refractivity contribution >= 4 is 23.1 Å². The Morgan fingerprint density at radius 3 is 2.70 bits per heavy atom. The van der Waals surface area contributed by atoms with Crippen LogP contribution in [0.2, 0.25) is 0 Å². The van der Waals surface area contributed by atoms with Crippen molar-refractivity contribution in [1.29, 1.82) is 0 Å². The zero-order valence-corrected chi connectivity index (χ0v) is 12.8. The van der Waals surface area contributed by atoms with Gasteiger partial charge < -0.3 is 10.2 Å². The summed E-state index contributed by atoms with van der Waals surface area (Å²) in [6, 6.07) is 7.83. The van der Waals surface area contributed by atoms with Gasteiger partial charge >= 0.3 is 0 Å². The second-order valence-electron chi connectivity index (χ2n) is 4.79. The lowest BCUT2D eigenvalue weighted by molar-refractivity contribution is 0.0692. The molecule has 1 N–H and O–H groups in total. The van der Waals surface area contributed by atoms with Gasteiger partial charge in [0.2, 0.25) is 0 Å². The number of hydrogen-bond acceptors (Lipinski definition) is 4. The van der Waals surface area contributed by atoms with E-state index in [1.54, 1.807) is 24.6 Å². The average molecular weight is 289 g/mol. The molecule has 106 valence electrons. The molecule has 0 unspecified atom stereocenters. The van der Waals surface area contributed by atoms with E-state index in [1.165, 1.54) is 4.88 Å². The van der Waals surface area contributed by atoms with E-state index in [9.17, 15) is 4.79 Å². The molecule has 0 fully saturated rings. The molecule has 20 heavy (non-hydrogen) atoms. The van der Waals surface area contributed by atoms with Crippen molar-refractivity contribution in [2.75, 3.05) is 12.4 Å². The molecule has 0 bridgehead atoms. The van der Waals surface area contributed by atoms with Crippen LogP contribution in [0.4, 0.5) is 5.82 Å². The third-order valence-corrected chi connectivity index (χ3v) is 3.92. The minimum absolute atomic E-state index is 0.0172. The summed E-state index contributed by atoms with van der Waals surface area (Å²) >= 11 is 1.67. The number of carbonyl (C=O) groups excluding carboxylic acids is 1. The van der Waals surface area contributed by atoms with Gasteiger partial charge in [0.1, 0.15) is 5.82 Å². The van der Waals surface area contributed by atoms with Crippen molar-refractivity contribution in [2.24, 2.45) is 0 Å². The lowest BCUT2D eigenvalue weighted by Gasteiger charge is -2.26. The first kappa shape index (κ1) is 14.5. The molecule has 1 amide bonds. The first-order chi connectivity index (χ1) is 9.61. The maximum atomic E-state index is 12.6. The van der Waals surface area contributed by atoms with Crippen LogP contribution in [0.1, 0.15) is 29.1 Å². The summed E-state index contributed by atoms with van der Waals surface area (Å²) in [6.45, 7) is 4.70. The van der Waals surface area contributed by atoms with E-state index in [-0.39, 0.29) is 11.9 Å². The van der Waals surface area contributed by atoms with Gasteiger partial charge in [-0.1, -0.05) is 6.07 Å². The van der Waals surface area contributed by atoms with Gasteiger partial charge in [0.05, 0.1) is 12.1 Å². The van der Waals surface area contributed by atoms with Gasteiger partial charge in [-0.3, -0.25) is 4.79 Å². The molecule has 0 saturated carbocycles. The Bertz CT molecular complexity index is 549. The molecule has 0 radical (unpaired) electrons. The third kappa shape index (κ3) is 3.36. The van der Waals surface area contributed by atoms with E-state index in [1.807, 2.05) is 42.3 Å². The van der Waals surface area contributed by atoms with Gasteiger partial charge in [-0.2, -0.15) is 0 Å². The number of hydrogen-bond donors (Lipinski definition) is 1. The monoisotopic (exact) mass is 289 g/mol. The van der Waals surface area contributed by atoms with Crippen LogP contribution in [0.25, 0.3) is 0 Å². The zero-order valence-electron chi connectivity index (χ0n) is 12.0. The Balaban J connectivity index is 2.17. The average Bonchev–Trinajstić information content (AvgIpc) is 2.97. The largest absolute Gasteiger partial charge is 0.373 e. The van der Waals surface area contributed by atoms with E-state index in [0.717, 1.165) is 5.82 Å². The third-order valence-electron chi connectivity index (χ3n) is 3.06. The predicted octanol–water partition coefficient (Wildman–Crippen LogP) is 3.24. The predicted molar refractivity (Wildman–Crippen MR) is 83.1 cm³/mol. The highest BCUT2D eigenvalue weighted by Gasteiger charge is 2.19. The SMILES string of the molecule is CNc1ccc(C(=O)N(Cc2cccs2)C(C)C)cn1. The van der Waals surface area contributed by atoms with Crippen molar-refractivity contribution in [3.8, 4) is 0 Å². The topological polar surface area (TPSA) is 45.2 Å². The van der Waals surface area contributed by atoms with Crippen LogP contribution < -0.4 is 5.32 Å². The lowest BCUT2D eigenvalue weighted by atomic mass is 10.2. The minimum atomic E-state index is 0.0172. The molecule has 5 heteroatoms. The van der Waals surface area contributed by atoms with Gasteiger partial charge in [-0.25, -0.2) is 4.98 Å². The van der Waals surface area contributed by atoms with E-state index < -0.39 is 0 Å². The molecular weight excluding hydrogens is 270 g/mol. The molecule has 2 aromatic heterocycles. The number of aromatic nitrogens is 1. The Morgan fingerprint density at radius 1 is 1.40 bits per heavy atom. The molecule has 4 nitrogen and oxygen atoms in total. The van der Waals surface area contributed by atoms with Gasteiger partial charge in [0, 0.05) is 24.2 Å². The normalized spacial score (nSPS) is 10.6. The molecule has 0 spiro atoms. The fourth-order valence-corrected chi connectivity index (χ4v) is 2.60. The fourth-order valence-electron chi connectivity index (χ4n) is 1.89. The van der Waals surface area contributed by atoms with Crippen LogP contribution >= 0.6 is 11.3 Å². The van der Waals surface area contributed by atoms with E-state index >= 15 is 0 Å². The standard InChI is InChI=1S/C15H19N3OS/c1-11(2)18(10-13-5-4-8-20-13)15(19)12-6-7-14(16-3)17-9-12/h4-9,11H,10H2,1-3H3,(H,16,17). The number of amides is 1. The fraction of sp³-hybridized carbons (Fsp3) is 0.333. The molecular formula is C15H19N3OS. The summed E-state index contributed by atoms with van der Waals surface area (Å²) in [5, 5.41) is 4.98. The van der Waals surface area contributed by atoms with Crippen LogP contribution in [0.5, 0.6) is 0 Å². The van der Waals surface area contributed by atoms with Crippen LogP contribution in [0, 0.1) is 0 Å². The Morgan fingerprint density at radius 2 is 2.20 bits per heavy atom. The van der Waals surface area contributed by atoms with E-state index in [0.29, 0.717) is 12.1 Å². The highest BCUT2D eigenvalue weighted by Crippen LogP contribution is 2.17. The summed E-state index contributed by atoms with van der Waals surface area (Å²) < 4.78 is 0. The molecule has 0 aliphatic carbocycles. The second-order valence-corrected chi connectivity index (χ2v) is 5.82. The minimum Gasteiger partial charge on any atom is -0.373 e. The van der Waals surface area contributed by atoms with Crippen molar-refractivity contribution in [2.45, 2.75) is 26.4 Å². The smallest absolute Gasteiger partial charge is 0.255 e. The van der Waals surface area contributed by atoms with Crippen molar-refractivity contribution in [1.82, 2.24) is 9.88 Å². The molecule has 0 saturated heterocycles. The molecule has 2 rings (SSSR count). The zero-order chi connectivity index (χ0) is 14.5. The van der Waals surface area contributed by atoms with Gasteiger partial charge in [-0.15, -0.1) is 11.3 Å². The van der Waals surface area contributed by atoms with Crippen LogP contribution in [-0.4, -0.2) is 28.9 Å². The second kappa shape index (κ2) is 6.52. The number of rotatable bonds is 5. The van der Waals surface area contributed by atoms with Crippen molar-refractivity contribution < 1.29 is 4.79 Å². The molecule has 0 aliphatic rings. The van der Waals surface area contributed by atoms with E-state index in [2.05, 4.69) is 16.4 Å². The highest BCUT2D eigenvalue weighted by molar-refractivity contribution is 7.09. The van der Waals surface area contributed by atoms with Crippen LogP contribution in [-0.2, 0) is 6.54 Å². The summed E-state index contributed by atoms with van der Waals surface area (Å²) in [6.07, 6.45) is 1.62. The molecule has 0 aliphatic heterocycles. The lowest BCUT2D eigenvalue weighted by Crippen LogP contribution is -2.36. The first-order valence-corrected chi connectivity index (χ1v) is 7.47. The van der Waals surface area contributed by atoms with Crippen molar-refractivity contribution in [3.05, 3.63) is 46.3 Å². The molecule has 2 heterocycles. The number of nitrogens with one attached hydrogen (secondary N) is 1. The molecule has 2 aromatic rings. The number of pyridine rings is 1. The number of thiophene rings is 1. The molecule has 0 aromatic carbocycles. The Labute approximate surface area is 123 Å². The van der Waals surface area contributed by atoms with Crippen LogP contribution in [0.15, 0.2) is 35.8 Å². The van der Waals surface area contributed by atoms with E-state index in [4.69, 9.17) is 0 Å². The molecule has 0 atom stereocenters. The summed E-state index contributed by atoms with van der Waals surface area (Å²) in [7, 11) is 1.81. The summed E-state index contributed by atoms with van der Waals surface area (Å²) in [5.74, 6) is 0.777. The van der Waals surface area contributed by atoms with Crippen LogP contribution in [0.3, 0.4) is 0 Å². The highest BCUT2D eigenvalue weighted by atomic mass is 32.1. The number of anilines is 1. The maximum absolute atomic E-state index is 12.6. The Kier molecular flexibility index (Phi) is 4.74. The van der Waals surface area contributed by atoms with Gasteiger partial charge in [0.15, 0.2) is 0 Å². The van der Waals surface area contributed by atoms with Gasteiger partial charge in [-0.05, 0) is 37.4 Å². The summed E-state index contributed by atoms with van der Waals surface area (Å²) in [4.78, 5) is 19.8. The first-order valence-electron chi connectivity index (χ1n) is 6.59. The van der Waals surface area contributed by atoms with Gasteiger partial charge in [0.25, 0.3) is 5.91 Å². The Hall–Kier alpha value is -1.88. The number of nitrogens with zero attached hydrogens (tertiary/aromatic N) is 2. The van der Waals surface area contributed by atoms with Crippen molar-refractivity contribution in [3.63, 3.8) is 0 Å².